The zero-order valence-electron chi connectivity index (χ0n) is 11.6. The van der Waals surface area contributed by atoms with Crippen molar-refractivity contribution < 1.29 is 0 Å². The number of nitrogens with zero attached hydrogens (tertiary/aromatic N) is 3. The highest BCUT2D eigenvalue weighted by Gasteiger charge is 2.19. The van der Waals surface area contributed by atoms with Crippen molar-refractivity contribution in [2.75, 3.05) is 18.0 Å². The molecule has 0 spiro atoms. The summed E-state index contributed by atoms with van der Waals surface area (Å²) in [5, 5.41) is 10.8. The molecule has 1 fully saturated rings. The van der Waals surface area contributed by atoms with E-state index in [9.17, 15) is 5.26 Å². The summed E-state index contributed by atoms with van der Waals surface area (Å²) in [5.74, 6) is 0. The van der Waals surface area contributed by atoms with Crippen LogP contribution < -0.4 is 4.90 Å². The average Bonchev–Trinajstić information content (AvgIpc) is 2.83. The van der Waals surface area contributed by atoms with Gasteiger partial charge in [-0.3, -0.25) is 0 Å². The molecule has 0 aliphatic carbocycles. The molecule has 1 aliphatic heterocycles. The Morgan fingerprint density at radius 3 is 2.63 bits per heavy atom. The van der Waals surface area contributed by atoms with Gasteiger partial charge >= 0.3 is 0 Å². The molecule has 0 N–H and O–H groups in total. The third-order valence-electron chi connectivity index (χ3n) is 4.15. The molecule has 98 valence electrons. The van der Waals surface area contributed by atoms with Gasteiger partial charge in [-0.1, -0.05) is 0 Å². The van der Waals surface area contributed by atoms with Crippen LogP contribution in [0.2, 0.25) is 0 Å². The van der Waals surface area contributed by atoms with Gasteiger partial charge in [0.25, 0.3) is 0 Å². The number of aromatic nitrogens is 1. The summed E-state index contributed by atoms with van der Waals surface area (Å²) < 4.78 is 2.06. The molecule has 1 aromatic carbocycles. The number of fused-ring (bicyclic) bond motifs is 1. The second-order valence-corrected chi connectivity index (χ2v) is 5.44. The van der Waals surface area contributed by atoms with E-state index in [1.807, 2.05) is 13.2 Å². The van der Waals surface area contributed by atoms with Gasteiger partial charge in [-0.15, -0.1) is 0 Å². The fraction of sp³-hybridized carbons (Fsp3) is 0.438. The van der Waals surface area contributed by atoms with Crippen molar-refractivity contribution >= 4 is 16.6 Å². The lowest BCUT2D eigenvalue weighted by Crippen LogP contribution is -2.30. The molecule has 0 amide bonds. The van der Waals surface area contributed by atoms with E-state index in [2.05, 4.69) is 34.6 Å². The van der Waals surface area contributed by atoms with Crippen molar-refractivity contribution in [3.8, 4) is 6.07 Å². The Hall–Kier alpha value is -1.95. The van der Waals surface area contributed by atoms with Crippen LogP contribution in [0.15, 0.2) is 18.3 Å². The molecule has 3 heteroatoms. The van der Waals surface area contributed by atoms with Gasteiger partial charge in [0.2, 0.25) is 0 Å². The van der Waals surface area contributed by atoms with Gasteiger partial charge in [-0.2, -0.15) is 5.26 Å². The van der Waals surface area contributed by atoms with E-state index in [1.165, 1.54) is 30.2 Å². The first-order chi connectivity index (χ1) is 9.22. The Balaban J connectivity index is 2.23. The van der Waals surface area contributed by atoms with Gasteiger partial charge in [0, 0.05) is 31.7 Å². The van der Waals surface area contributed by atoms with E-state index < -0.39 is 0 Å². The van der Waals surface area contributed by atoms with Crippen molar-refractivity contribution in [3.05, 3.63) is 29.5 Å². The minimum atomic E-state index is 0.829. The summed E-state index contributed by atoms with van der Waals surface area (Å²) in [7, 11) is 2.02. The predicted octanol–water partition coefficient (Wildman–Crippen LogP) is 3.35. The fourth-order valence-electron chi connectivity index (χ4n) is 3.13. The highest BCUT2D eigenvalue weighted by molar-refractivity contribution is 5.93. The molecular weight excluding hydrogens is 234 g/mol. The molecule has 0 atom stereocenters. The quantitative estimate of drug-likeness (QED) is 0.780. The summed E-state index contributed by atoms with van der Waals surface area (Å²) >= 11 is 0. The SMILES string of the molecule is Cc1cc(N2CCCCC2)c(C#N)c2c1ccn2C. The lowest BCUT2D eigenvalue weighted by Gasteiger charge is -2.30. The van der Waals surface area contributed by atoms with Crippen LogP contribution in [-0.4, -0.2) is 17.7 Å². The largest absolute Gasteiger partial charge is 0.370 e. The van der Waals surface area contributed by atoms with Crippen molar-refractivity contribution in [1.82, 2.24) is 4.57 Å². The minimum Gasteiger partial charge on any atom is -0.370 e. The van der Waals surface area contributed by atoms with Crippen molar-refractivity contribution in [1.29, 1.82) is 5.26 Å². The third kappa shape index (κ3) is 1.88. The van der Waals surface area contributed by atoms with Gasteiger partial charge < -0.3 is 9.47 Å². The Kier molecular flexibility index (Phi) is 2.94. The van der Waals surface area contributed by atoms with E-state index in [0.717, 1.165) is 29.9 Å². The molecule has 2 heterocycles. The molecule has 3 nitrogen and oxygen atoms in total. The molecule has 3 rings (SSSR count). The molecule has 0 bridgehead atoms. The lowest BCUT2D eigenvalue weighted by molar-refractivity contribution is 0.577. The number of aryl methyl sites for hydroxylation is 2. The number of hydrogen-bond acceptors (Lipinski definition) is 2. The normalized spacial score (nSPS) is 15.7. The van der Waals surface area contributed by atoms with Crippen molar-refractivity contribution in [2.45, 2.75) is 26.2 Å². The minimum absolute atomic E-state index is 0.829. The molecule has 1 aromatic heterocycles. The van der Waals surface area contributed by atoms with Crippen LogP contribution in [0.5, 0.6) is 0 Å². The molecule has 0 unspecified atom stereocenters. The van der Waals surface area contributed by atoms with E-state index in [-0.39, 0.29) is 0 Å². The maximum absolute atomic E-state index is 9.59. The Morgan fingerprint density at radius 2 is 1.95 bits per heavy atom. The summed E-state index contributed by atoms with van der Waals surface area (Å²) in [6, 6.07) is 6.72. The van der Waals surface area contributed by atoms with Crippen LogP contribution in [0.25, 0.3) is 10.9 Å². The number of anilines is 1. The van der Waals surface area contributed by atoms with Gasteiger partial charge in [-0.05, 0) is 43.9 Å². The maximum Gasteiger partial charge on any atom is 0.104 e. The monoisotopic (exact) mass is 253 g/mol. The van der Waals surface area contributed by atoms with Crippen LogP contribution in [0.1, 0.15) is 30.4 Å². The Bertz CT molecular complexity index is 655. The highest BCUT2D eigenvalue weighted by atomic mass is 15.1. The maximum atomic E-state index is 9.59. The number of hydrogen-bond donors (Lipinski definition) is 0. The van der Waals surface area contributed by atoms with Crippen LogP contribution in [0.4, 0.5) is 5.69 Å². The van der Waals surface area contributed by atoms with Crippen molar-refractivity contribution in [2.24, 2.45) is 7.05 Å². The standard InChI is InChI=1S/C16H19N3/c1-12-10-15(19-7-4-3-5-8-19)14(11-17)16-13(12)6-9-18(16)2/h6,9-10H,3-5,7-8H2,1-2H3. The number of nitriles is 1. The van der Waals surface area contributed by atoms with E-state index in [1.54, 1.807) is 0 Å². The first-order valence-electron chi connectivity index (χ1n) is 6.96. The smallest absolute Gasteiger partial charge is 0.104 e. The number of benzene rings is 1. The van der Waals surface area contributed by atoms with Crippen LogP contribution in [0, 0.1) is 18.3 Å². The average molecular weight is 253 g/mol. The Morgan fingerprint density at radius 1 is 1.21 bits per heavy atom. The fourth-order valence-corrected chi connectivity index (χ4v) is 3.13. The molecule has 1 saturated heterocycles. The molecule has 1 aliphatic rings. The van der Waals surface area contributed by atoms with Gasteiger partial charge in [0.15, 0.2) is 0 Å². The summed E-state index contributed by atoms with van der Waals surface area (Å²) in [5.41, 5.74) is 4.28. The second-order valence-electron chi connectivity index (χ2n) is 5.44. The number of piperidine rings is 1. The van der Waals surface area contributed by atoms with Crippen LogP contribution in [0.3, 0.4) is 0 Å². The molecule has 19 heavy (non-hydrogen) atoms. The topological polar surface area (TPSA) is 32.0 Å². The molecular formula is C16H19N3. The Labute approximate surface area is 114 Å². The summed E-state index contributed by atoms with van der Waals surface area (Å²) in [6.07, 6.45) is 5.81. The zero-order valence-corrected chi connectivity index (χ0v) is 11.6. The first kappa shape index (κ1) is 12.1. The number of rotatable bonds is 1. The van der Waals surface area contributed by atoms with E-state index in [4.69, 9.17) is 0 Å². The van der Waals surface area contributed by atoms with Gasteiger partial charge in [0.05, 0.1) is 16.8 Å². The second kappa shape index (κ2) is 4.62. The zero-order chi connectivity index (χ0) is 13.4. The summed E-state index contributed by atoms with van der Waals surface area (Å²) in [6.45, 7) is 4.28. The predicted molar refractivity (Wildman–Crippen MR) is 78.4 cm³/mol. The molecule has 0 radical (unpaired) electrons. The highest BCUT2D eigenvalue weighted by Crippen LogP contribution is 2.33. The molecule has 0 saturated carbocycles. The van der Waals surface area contributed by atoms with Gasteiger partial charge in [0.1, 0.15) is 6.07 Å². The summed E-state index contributed by atoms with van der Waals surface area (Å²) in [4.78, 5) is 2.38. The van der Waals surface area contributed by atoms with Crippen molar-refractivity contribution in [3.63, 3.8) is 0 Å². The van der Waals surface area contributed by atoms with E-state index >= 15 is 0 Å². The van der Waals surface area contributed by atoms with Gasteiger partial charge in [-0.25, -0.2) is 0 Å². The van der Waals surface area contributed by atoms with Crippen LogP contribution >= 0.6 is 0 Å². The third-order valence-corrected chi connectivity index (χ3v) is 4.15. The van der Waals surface area contributed by atoms with Crippen LogP contribution in [-0.2, 0) is 7.05 Å². The lowest BCUT2D eigenvalue weighted by atomic mass is 10.0. The first-order valence-corrected chi connectivity index (χ1v) is 6.96. The molecule has 2 aromatic rings. The van der Waals surface area contributed by atoms with E-state index in [0.29, 0.717) is 0 Å².